The Hall–Kier alpha value is -0.970. The Balaban J connectivity index is 2.34. The number of nitrogens with zero attached hydrogens (tertiary/aromatic N) is 1. The lowest BCUT2D eigenvalue weighted by Gasteiger charge is -2.10. The highest BCUT2D eigenvalue weighted by atomic mass is 79.9. The Kier molecular flexibility index (Phi) is 4.00. The van der Waals surface area contributed by atoms with Gasteiger partial charge in [0.15, 0.2) is 0 Å². The van der Waals surface area contributed by atoms with Gasteiger partial charge in [-0.1, -0.05) is 23.2 Å². The summed E-state index contributed by atoms with van der Waals surface area (Å²) in [4.78, 5) is 4.18. The zero-order valence-electron chi connectivity index (χ0n) is 9.47. The van der Waals surface area contributed by atoms with E-state index in [1.54, 1.807) is 6.20 Å². The van der Waals surface area contributed by atoms with E-state index < -0.39 is 0 Å². The van der Waals surface area contributed by atoms with Crippen LogP contribution in [0.15, 0.2) is 28.9 Å². The molecule has 3 nitrogen and oxygen atoms in total. The number of nitrogen functional groups attached to an aromatic ring is 1. The maximum atomic E-state index is 6.14. The monoisotopic (exact) mass is 345 g/mol. The molecule has 1 aromatic carbocycles. The summed E-state index contributed by atoms with van der Waals surface area (Å²) in [7, 11) is 0. The molecule has 1 heterocycles. The molecule has 0 atom stereocenters. The Bertz CT molecular complexity index is 602. The van der Waals surface area contributed by atoms with Gasteiger partial charge in [-0.2, -0.15) is 0 Å². The number of halogens is 3. The molecule has 3 N–H and O–H groups in total. The van der Waals surface area contributed by atoms with Crippen LogP contribution in [0.1, 0.15) is 5.56 Å². The summed E-state index contributed by atoms with van der Waals surface area (Å²) in [5.74, 6) is 0.669. The van der Waals surface area contributed by atoms with E-state index in [-0.39, 0.29) is 0 Å². The minimum Gasteiger partial charge on any atom is -0.397 e. The summed E-state index contributed by atoms with van der Waals surface area (Å²) in [5, 5.41) is 4.02. The van der Waals surface area contributed by atoms with E-state index in [1.165, 1.54) is 0 Å². The van der Waals surface area contributed by atoms with E-state index in [4.69, 9.17) is 28.9 Å². The number of nitrogens with two attached hydrogens (primary N) is 1. The van der Waals surface area contributed by atoms with Crippen molar-refractivity contribution in [3.05, 3.63) is 44.5 Å². The van der Waals surface area contributed by atoms with Gasteiger partial charge in [-0.3, -0.25) is 0 Å². The molecule has 0 radical (unpaired) electrons. The predicted molar refractivity (Wildman–Crippen MR) is 80.8 cm³/mol. The first kappa shape index (κ1) is 13.5. The molecular weight excluding hydrogens is 337 g/mol. The predicted octanol–water partition coefficient (Wildman–Crippen LogP) is 4.79. The zero-order chi connectivity index (χ0) is 13.3. The quantitative estimate of drug-likeness (QED) is 0.769. The molecule has 0 aliphatic carbocycles. The molecule has 6 heteroatoms. The highest BCUT2D eigenvalue weighted by Gasteiger charge is 2.09. The number of hydrogen-bond donors (Lipinski definition) is 2. The van der Waals surface area contributed by atoms with Crippen LogP contribution in [0.5, 0.6) is 0 Å². The van der Waals surface area contributed by atoms with Crippen LogP contribution in [-0.2, 0) is 0 Å². The average Bonchev–Trinajstić information content (AvgIpc) is 2.34. The molecule has 0 aliphatic rings. The molecule has 1 aromatic heterocycles. The summed E-state index contributed by atoms with van der Waals surface area (Å²) in [6.07, 6.45) is 1.60. The Morgan fingerprint density at radius 2 is 2.00 bits per heavy atom. The Labute approximate surface area is 123 Å². The molecule has 94 valence electrons. The van der Waals surface area contributed by atoms with Crippen LogP contribution in [0.3, 0.4) is 0 Å². The van der Waals surface area contributed by atoms with Gasteiger partial charge >= 0.3 is 0 Å². The maximum Gasteiger partial charge on any atom is 0.130 e. The Morgan fingerprint density at radius 1 is 1.28 bits per heavy atom. The van der Waals surface area contributed by atoms with E-state index in [0.29, 0.717) is 27.2 Å². The molecule has 0 amide bonds. The first-order chi connectivity index (χ1) is 8.49. The van der Waals surface area contributed by atoms with E-state index >= 15 is 0 Å². The fourth-order valence-electron chi connectivity index (χ4n) is 1.40. The number of hydrogen-bond acceptors (Lipinski definition) is 3. The molecule has 2 aromatic rings. The van der Waals surface area contributed by atoms with Crippen molar-refractivity contribution >= 4 is 56.3 Å². The molecule has 0 aliphatic heterocycles. The van der Waals surface area contributed by atoms with Crippen molar-refractivity contribution < 1.29 is 0 Å². The number of aryl methyl sites for hydroxylation is 1. The minimum absolute atomic E-state index is 0.447. The van der Waals surface area contributed by atoms with E-state index in [1.807, 2.05) is 25.1 Å². The van der Waals surface area contributed by atoms with Gasteiger partial charge in [-0.15, -0.1) is 0 Å². The number of benzene rings is 1. The van der Waals surface area contributed by atoms with Gasteiger partial charge in [-0.25, -0.2) is 4.98 Å². The summed E-state index contributed by atoms with van der Waals surface area (Å²) < 4.78 is 0.751. The van der Waals surface area contributed by atoms with Gasteiger partial charge in [0.1, 0.15) is 5.82 Å². The van der Waals surface area contributed by atoms with Crippen LogP contribution in [-0.4, -0.2) is 4.98 Å². The van der Waals surface area contributed by atoms with Crippen molar-refractivity contribution in [2.45, 2.75) is 6.92 Å². The molecule has 0 unspecified atom stereocenters. The number of rotatable bonds is 2. The second kappa shape index (κ2) is 5.34. The van der Waals surface area contributed by atoms with Crippen molar-refractivity contribution in [2.24, 2.45) is 0 Å². The molecule has 0 saturated carbocycles. The van der Waals surface area contributed by atoms with Gasteiger partial charge in [0.25, 0.3) is 0 Å². The van der Waals surface area contributed by atoms with E-state index in [2.05, 4.69) is 26.2 Å². The van der Waals surface area contributed by atoms with Gasteiger partial charge < -0.3 is 11.1 Å². The molecule has 0 spiro atoms. The number of anilines is 3. The Morgan fingerprint density at radius 3 is 2.67 bits per heavy atom. The minimum atomic E-state index is 0.447. The molecule has 0 bridgehead atoms. The van der Waals surface area contributed by atoms with Crippen molar-refractivity contribution in [1.29, 1.82) is 0 Å². The fraction of sp³-hybridized carbons (Fsp3) is 0.0833. The van der Waals surface area contributed by atoms with Gasteiger partial charge in [0.05, 0.1) is 27.6 Å². The van der Waals surface area contributed by atoms with Crippen LogP contribution in [0.4, 0.5) is 17.2 Å². The SMILES string of the molecule is Cc1cc(Nc2ccc(Br)c(Cl)c2Cl)ncc1N. The van der Waals surface area contributed by atoms with Crippen molar-refractivity contribution in [2.75, 3.05) is 11.1 Å². The topological polar surface area (TPSA) is 50.9 Å². The third-order valence-electron chi connectivity index (χ3n) is 2.45. The highest BCUT2D eigenvalue weighted by molar-refractivity contribution is 9.10. The first-order valence-corrected chi connectivity index (χ1v) is 6.66. The second-order valence-electron chi connectivity index (χ2n) is 3.77. The summed E-state index contributed by atoms with van der Waals surface area (Å²) >= 11 is 15.5. The molecule has 2 rings (SSSR count). The average molecular weight is 347 g/mol. The number of nitrogens with one attached hydrogen (secondary N) is 1. The summed E-state index contributed by atoms with van der Waals surface area (Å²) in [6.45, 7) is 1.92. The van der Waals surface area contributed by atoms with Gasteiger partial charge in [0, 0.05) is 4.47 Å². The standard InChI is InChI=1S/C12H10BrCl2N3/c1-6-4-10(17-5-8(6)16)18-9-3-2-7(13)11(14)12(9)15/h2-5H,16H2,1H3,(H,17,18). The molecule has 18 heavy (non-hydrogen) atoms. The lowest BCUT2D eigenvalue weighted by Crippen LogP contribution is -1.98. The van der Waals surface area contributed by atoms with E-state index in [9.17, 15) is 0 Å². The van der Waals surface area contributed by atoms with Crippen LogP contribution in [0.2, 0.25) is 10.0 Å². The normalized spacial score (nSPS) is 10.4. The third-order valence-corrected chi connectivity index (χ3v) is 4.22. The van der Waals surface area contributed by atoms with Crippen LogP contribution in [0.25, 0.3) is 0 Å². The molecule has 0 fully saturated rings. The summed E-state index contributed by atoms with van der Waals surface area (Å²) in [6, 6.07) is 5.49. The highest BCUT2D eigenvalue weighted by Crippen LogP contribution is 2.36. The first-order valence-electron chi connectivity index (χ1n) is 5.11. The van der Waals surface area contributed by atoms with Crippen LogP contribution < -0.4 is 11.1 Å². The smallest absolute Gasteiger partial charge is 0.130 e. The fourth-order valence-corrected chi connectivity index (χ4v) is 2.22. The second-order valence-corrected chi connectivity index (χ2v) is 5.38. The van der Waals surface area contributed by atoms with Gasteiger partial charge in [0.2, 0.25) is 0 Å². The summed E-state index contributed by atoms with van der Waals surface area (Å²) in [5.41, 5.74) is 8.01. The van der Waals surface area contributed by atoms with E-state index in [0.717, 1.165) is 10.0 Å². The van der Waals surface area contributed by atoms with Crippen molar-refractivity contribution in [1.82, 2.24) is 4.98 Å². The van der Waals surface area contributed by atoms with Crippen molar-refractivity contribution in [3.8, 4) is 0 Å². The largest absolute Gasteiger partial charge is 0.397 e. The van der Waals surface area contributed by atoms with Crippen LogP contribution >= 0.6 is 39.1 Å². The number of aromatic nitrogens is 1. The van der Waals surface area contributed by atoms with Crippen molar-refractivity contribution in [3.63, 3.8) is 0 Å². The number of pyridine rings is 1. The zero-order valence-corrected chi connectivity index (χ0v) is 12.6. The van der Waals surface area contributed by atoms with Crippen LogP contribution in [0, 0.1) is 6.92 Å². The molecular formula is C12H10BrCl2N3. The van der Waals surface area contributed by atoms with Gasteiger partial charge in [-0.05, 0) is 46.6 Å². The lowest BCUT2D eigenvalue weighted by molar-refractivity contribution is 1.28. The lowest BCUT2D eigenvalue weighted by atomic mass is 10.2. The molecule has 0 saturated heterocycles. The third kappa shape index (κ3) is 2.71. The maximum absolute atomic E-state index is 6.14.